The lowest BCUT2D eigenvalue weighted by Gasteiger charge is -2.39. The number of ether oxygens (including phenoxy) is 2. The van der Waals surface area contributed by atoms with Crippen molar-refractivity contribution >= 4 is 11.8 Å². The second-order valence-electron chi connectivity index (χ2n) is 9.11. The number of aliphatic hydroxyl groups is 2. The number of amides is 2. The van der Waals surface area contributed by atoms with Crippen molar-refractivity contribution in [1.29, 1.82) is 0 Å². The fourth-order valence-corrected chi connectivity index (χ4v) is 4.03. The van der Waals surface area contributed by atoms with Gasteiger partial charge in [0.15, 0.2) is 6.29 Å². The molecule has 0 unspecified atom stereocenters. The molecule has 0 aromatic heterocycles. The van der Waals surface area contributed by atoms with E-state index in [0.717, 1.165) is 0 Å². The van der Waals surface area contributed by atoms with E-state index in [1.807, 2.05) is 13.8 Å². The standard InChI is InChI=1S/C21H38N2O6/c1-13-11-18(28-15(3)19(13)25)29-16-7-9-21(4,27)8-6-10-23(5)17(24)12-22-20(26)14(16)2/h13-16,18-19,25,27H,6-12H2,1-5H3,(H,22,26)/t13-,14+,15-,16-,18-,19+,21+/m0/s1. The molecule has 0 spiro atoms. The highest BCUT2D eigenvalue weighted by atomic mass is 16.7. The van der Waals surface area contributed by atoms with Gasteiger partial charge in [0, 0.05) is 20.0 Å². The fourth-order valence-electron chi connectivity index (χ4n) is 4.03. The number of hydrogen-bond donors (Lipinski definition) is 3. The van der Waals surface area contributed by atoms with Crippen LogP contribution >= 0.6 is 0 Å². The Balaban J connectivity index is 2.12. The first-order chi connectivity index (χ1) is 13.5. The third kappa shape index (κ3) is 6.91. The number of nitrogens with one attached hydrogen (secondary N) is 1. The summed E-state index contributed by atoms with van der Waals surface area (Å²) in [4.78, 5) is 26.4. The molecular weight excluding hydrogens is 376 g/mol. The van der Waals surface area contributed by atoms with Gasteiger partial charge < -0.3 is 29.9 Å². The highest BCUT2D eigenvalue weighted by Gasteiger charge is 2.37. The summed E-state index contributed by atoms with van der Waals surface area (Å²) in [6.07, 6.45) is 0.890. The SMILES string of the molecule is C[C@@H]1O[C@@H](O[C@H]2CC[C@](C)(O)CCCN(C)C(=O)CNC(=O)[C@@H]2C)C[C@H](C)[C@H]1O. The van der Waals surface area contributed by atoms with Crippen LogP contribution in [-0.4, -0.2) is 77.3 Å². The number of carbonyl (C=O) groups excluding carboxylic acids is 2. The van der Waals surface area contributed by atoms with Gasteiger partial charge in [-0.15, -0.1) is 0 Å². The van der Waals surface area contributed by atoms with Gasteiger partial charge in [0.25, 0.3) is 0 Å². The summed E-state index contributed by atoms with van der Waals surface area (Å²) in [5.74, 6) is -0.897. The van der Waals surface area contributed by atoms with Gasteiger partial charge in [-0.1, -0.05) is 13.8 Å². The second-order valence-corrected chi connectivity index (χ2v) is 9.11. The summed E-state index contributed by atoms with van der Waals surface area (Å²) in [7, 11) is 1.70. The number of nitrogens with zero attached hydrogens (tertiary/aromatic N) is 1. The van der Waals surface area contributed by atoms with Crippen LogP contribution in [0.1, 0.15) is 59.8 Å². The van der Waals surface area contributed by atoms with Gasteiger partial charge in [-0.3, -0.25) is 9.59 Å². The Hall–Kier alpha value is -1.22. The van der Waals surface area contributed by atoms with Crippen molar-refractivity contribution in [2.45, 2.75) is 90.0 Å². The molecule has 0 radical (unpaired) electrons. The Kier molecular flexibility index (Phi) is 8.46. The van der Waals surface area contributed by atoms with E-state index in [9.17, 15) is 19.8 Å². The van der Waals surface area contributed by atoms with Gasteiger partial charge in [-0.25, -0.2) is 0 Å². The van der Waals surface area contributed by atoms with Gasteiger partial charge in [0.2, 0.25) is 11.8 Å². The molecular formula is C21H38N2O6. The number of likely N-dealkylation sites (N-methyl/N-ethyl adjacent to an activating group) is 1. The first-order valence-corrected chi connectivity index (χ1v) is 10.7. The van der Waals surface area contributed by atoms with Crippen LogP contribution in [0.5, 0.6) is 0 Å². The van der Waals surface area contributed by atoms with Crippen molar-refractivity contribution in [3.05, 3.63) is 0 Å². The molecule has 29 heavy (non-hydrogen) atoms. The molecule has 8 nitrogen and oxygen atoms in total. The van der Waals surface area contributed by atoms with Crippen molar-refractivity contribution in [1.82, 2.24) is 10.2 Å². The van der Waals surface area contributed by atoms with Crippen LogP contribution in [0.3, 0.4) is 0 Å². The van der Waals surface area contributed by atoms with Crippen LogP contribution in [0.25, 0.3) is 0 Å². The van der Waals surface area contributed by atoms with Gasteiger partial charge in [-0.2, -0.15) is 0 Å². The lowest BCUT2D eigenvalue weighted by Crippen LogP contribution is -2.47. The predicted molar refractivity (Wildman–Crippen MR) is 108 cm³/mol. The maximum atomic E-state index is 12.7. The maximum Gasteiger partial charge on any atom is 0.241 e. The minimum Gasteiger partial charge on any atom is -0.390 e. The third-order valence-corrected chi connectivity index (χ3v) is 6.31. The minimum absolute atomic E-state index is 0.0268. The Morgan fingerprint density at radius 3 is 2.59 bits per heavy atom. The molecule has 2 aliphatic rings. The molecule has 0 aromatic carbocycles. The zero-order valence-electron chi connectivity index (χ0n) is 18.4. The molecule has 8 heteroatoms. The van der Waals surface area contributed by atoms with E-state index in [1.165, 1.54) is 0 Å². The number of hydrogen-bond acceptors (Lipinski definition) is 6. The first-order valence-electron chi connectivity index (χ1n) is 10.7. The third-order valence-electron chi connectivity index (χ3n) is 6.31. The second kappa shape index (κ2) is 10.2. The van der Waals surface area contributed by atoms with Crippen LogP contribution in [0.2, 0.25) is 0 Å². The van der Waals surface area contributed by atoms with Crippen LogP contribution < -0.4 is 5.32 Å². The van der Waals surface area contributed by atoms with E-state index < -0.39 is 30.0 Å². The average molecular weight is 415 g/mol. The summed E-state index contributed by atoms with van der Waals surface area (Å²) < 4.78 is 12.0. The van der Waals surface area contributed by atoms with Crippen molar-refractivity contribution in [3.63, 3.8) is 0 Å². The van der Waals surface area contributed by atoms with Crippen LogP contribution in [0.15, 0.2) is 0 Å². The average Bonchev–Trinajstić information content (AvgIpc) is 2.65. The maximum absolute atomic E-state index is 12.7. The summed E-state index contributed by atoms with van der Waals surface area (Å²) in [5, 5.41) is 23.6. The predicted octanol–water partition coefficient (Wildman–Crippen LogP) is 1.04. The van der Waals surface area contributed by atoms with E-state index in [-0.39, 0.29) is 30.4 Å². The Morgan fingerprint density at radius 1 is 1.24 bits per heavy atom. The minimum atomic E-state index is -0.903. The smallest absolute Gasteiger partial charge is 0.241 e. The van der Waals surface area contributed by atoms with Crippen molar-refractivity contribution < 1.29 is 29.3 Å². The highest BCUT2D eigenvalue weighted by Crippen LogP contribution is 2.30. The summed E-state index contributed by atoms with van der Waals surface area (Å²) in [5.41, 5.74) is -0.903. The Morgan fingerprint density at radius 2 is 1.93 bits per heavy atom. The van der Waals surface area contributed by atoms with Crippen molar-refractivity contribution in [3.8, 4) is 0 Å². The molecule has 3 N–H and O–H groups in total. The topological polar surface area (TPSA) is 108 Å². The summed E-state index contributed by atoms with van der Waals surface area (Å²) in [6.45, 7) is 7.80. The number of carbonyl (C=O) groups is 2. The van der Waals surface area contributed by atoms with E-state index in [1.54, 1.807) is 25.8 Å². The molecule has 7 atom stereocenters. The van der Waals surface area contributed by atoms with Crippen molar-refractivity contribution in [2.24, 2.45) is 11.8 Å². The normalized spacial score (nSPS) is 41.1. The number of aliphatic hydroxyl groups excluding tert-OH is 1. The first kappa shape index (κ1) is 24.1. The van der Waals surface area contributed by atoms with Crippen LogP contribution in [-0.2, 0) is 19.1 Å². The van der Waals surface area contributed by atoms with Gasteiger partial charge >= 0.3 is 0 Å². The lowest BCUT2D eigenvalue weighted by molar-refractivity contribution is -0.254. The van der Waals surface area contributed by atoms with Gasteiger partial charge in [0.1, 0.15) is 0 Å². The molecule has 2 amide bonds. The zero-order chi connectivity index (χ0) is 21.8. The summed E-state index contributed by atoms with van der Waals surface area (Å²) in [6, 6.07) is 0. The highest BCUT2D eigenvalue weighted by molar-refractivity contribution is 5.85. The molecule has 0 aromatic rings. The molecule has 168 valence electrons. The van der Waals surface area contributed by atoms with Crippen LogP contribution in [0, 0.1) is 11.8 Å². The van der Waals surface area contributed by atoms with E-state index in [0.29, 0.717) is 38.6 Å². The Bertz CT molecular complexity index is 557. The molecule has 0 aliphatic carbocycles. The number of rotatable bonds is 2. The summed E-state index contributed by atoms with van der Waals surface area (Å²) >= 11 is 0. The van der Waals surface area contributed by atoms with Crippen LogP contribution in [0.4, 0.5) is 0 Å². The van der Waals surface area contributed by atoms with E-state index >= 15 is 0 Å². The molecule has 0 saturated carbocycles. The quantitative estimate of drug-likeness (QED) is 0.623. The van der Waals surface area contributed by atoms with Gasteiger partial charge in [0.05, 0.1) is 36.4 Å². The molecule has 2 saturated heterocycles. The lowest BCUT2D eigenvalue weighted by atomic mass is 9.89. The van der Waals surface area contributed by atoms with E-state index in [4.69, 9.17) is 9.47 Å². The fraction of sp³-hybridized carbons (Fsp3) is 0.905. The molecule has 2 fully saturated rings. The van der Waals surface area contributed by atoms with Gasteiger partial charge in [-0.05, 0) is 45.4 Å². The van der Waals surface area contributed by atoms with Crippen molar-refractivity contribution in [2.75, 3.05) is 20.1 Å². The molecule has 2 heterocycles. The molecule has 2 aliphatic heterocycles. The molecule has 2 rings (SSSR count). The monoisotopic (exact) mass is 414 g/mol. The molecule has 0 bridgehead atoms. The largest absolute Gasteiger partial charge is 0.390 e. The Labute approximate surface area is 173 Å². The van der Waals surface area contributed by atoms with E-state index in [2.05, 4.69) is 5.32 Å². The zero-order valence-corrected chi connectivity index (χ0v) is 18.4.